The van der Waals surface area contributed by atoms with Crippen LogP contribution in [0.1, 0.15) is 19.8 Å². The van der Waals surface area contributed by atoms with E-state index in [-0.39, 0.29) is 13.0 Å². The smallest absolute Gasteiger partial charge is 0.321 e. The molecule has 0 aromatic carbocycles. The number of hydrogen-bond acceptors (Lipinski definition) is 4. The summed E-state index contributed by atoms with van der Waals surface area (Å²) < 4.78 is 0. The molecule has 0 fully saturated rings. The fourth-order valence-corrected chi connectivity index (χ4v) is 1.36. The van der Waals surface area contributed by atoms with Gasteiger partial charge in [-0.1, -0.05) is 6.92 Å². The highest BCUT2D eigenvalue weighted by Crippen LogP contribution is 2.02. The molecule has 7 nitrogen and oxygen atoms in total. The van der Waals surface area contributed by atoms with Crippen LogP contribution in [0.3, 0.4) is 0 Å². The van der Waals surface area contributed by atoms with Crippen LogP contribution in [0.15, 0.2) is 0 Å². The number of aliphatic carboxylic acids is 1. The summed E-state index contributed by atoms with van der Waals surface area (Å²) in [5.74, 6) is -1.35. The van der Waals surface area contributed by atoms with E-state index in [2.05, 4.69) is 10.6 Å². The van der Waals surface area contributed by atoms with Crippen LogP contribution in [0.25, 0.3) is 0 Å². The lowest BCUT2D eigenvalue weighted by molar-refractivity contribution is -0.143. The van der Waals surface area contributed by atoms with Gasteiger partial charge in [0, 0.05) is 20.0 Å². The molecule has 0 heterocycles. The van der Waals surface area contributed by atoms with Crippen LogP contribution in [0.5, 0.6) is 0 Å². The zero-order chi connectivity index (χ0) is 13.4. The molecule has 0 rings (SSSR count). The molecule has 0 aromatic heterocycles. The van der Waals surface area contributed by atoms with Gasteiger partial charge in [-0.05, 0) is 13.5 Å². The normalized spacial score (nSPS) is 12.0. The summed E-state index contributed by atoms with van der Waals surface area (Å²) >= 11 is 0. The molecule has 3 N–H and O–H groups in total. The van der Waals surface area contributed by atoms with Gasteiger partial charge in [-0.2, -0.15) is 0 Å². The number of likely N-dealkylation sites (N-methyl/N-ethyl adjacent to an activating group) is 1. The number of nitrogens with one attached hydrogen (secondary N) is 2. The highest BCUT2D eigenvalue weighted by atomic mass is 16.4. The van der Waals surface area contributed by atoms with Crippen LogP contribution >= 0.6 is 0 Å². The van der Waals surface area contributed by atoms with Crippen molar-refractivity contribution in [3.05, 3.63) is 0 Å². The molecule has 1 atom stereocenters. The lowest BCUT2D eigenvalue weighted by Crippen LogP contribution is -2.42. The fraction of sp³-hybridized carbons (Fsp3) is 0.700. The number of imide groups is 1. The predicted octanol–water partition coefficient (Wildman–Crippen LogP) is -0.373. The molecule has 7 heteroatoms. The van der Waals surface area contributed by atoms with E-state index in [0.717, 1.165) is 0 Å². The first-order valence-corrected chi connectivity index (χ1v) is 5.37. The third-order valence-corrected chi connectivity index (χ3v) is 2.38. The van der Waals surface area contributed by atoms with E-state index in [9.17, 15) is 14.4 Å². The molecule has 3 amide bonds. The minimum absolute atomic E-state index is 0.0771. The number of carboxylic acids is 1. The SMILES string of the molecule is CCC(C(=O)O)N(C)CCC(=O)NC(=O)NC. The lowest BCUT2D eigenvalue weighted by Gasteiger charge is -2.22. The maximum absolute atomic E-state index is 11.3. The average molecular weight is 245 g/mol. The Morgan fingerprint density at radius 2 is 1.94 bits per heavy atom. The molecule has 1 unspecified atom stereocenters. The first-order valence-electron chi connectivity index (χ1n) is 5.37. The highest BCUT2D eigenvalue weighted by Gasteiger charge is 2.20. The van der Waals surface area contributed by atoms with Gasteiger partial charge in [-0.25, -0.2) is 4.79 Å². The second kappa shape index (κ2) is 7.61. The highest BCUT2D eigenvalue weighted by molar-refractivity contribution is 5.94. The van der Waals surface area contributed by atoms with Crippen molar-refractivity contribution < 1.29 is 19.5 Å². The van der Waals surface area contributed by atoms with Crippen LogP contribution in [0.4, 0.5) is 4.79 Å². The van der Waals surface area contributed by atoms with E-state index in [1.807, 2.05) is 0 Å². The zero-order valence-corrected chi connectivity index (χ0v) is 10.3. The molecule has 0 aliphatic carbocycles. The maximum Gasteiger partial charge on any atom is 0.321 e. The largest absolute Gasteiger partial charge is 0.480 e. The van der Waals surface area contributed by atoms with E-state index < -0.39 is 23.9 Å². The lowest BCUT2D eigenvalue weighted by atomic mass is 10.2. The summed E-state index contributed by atoms with van der Waals surface area (Å²) in [6.07, 6.45) is 0.538. The Balaban J connectivity index is 4.06. The number of carbonyl (C=O) groups is 3. The van der Waals surface area contributed by atoms with Crippen LogP contribution in [-0.2, 0) is 9.59 Å². The minimum atomic E-state index is -0.915. The molecule has 0 spiro atoms. The molecule has 0 bridgehead atoms. The molecular weight excluding hydrogens is 226 g/mol. The van der Waals surface area contributed by atoms with Gasteiger partial charge in [0.05, 0.1) is 0 Å². The molecule has 17 heavy (non-hydrogen) atoms. The van der Waals surface area contributed by atoms with E-state index in [4.69, 9.17) is 5.11 Å². The predicted molar refractivity (Wildman–Crippen MR) is 61.6 cm³/mol. The third kappa shape index (κ3) is 5.86. The summed E-state index contributed by atoms with van der Waals surface area (Å²) in [6.45, 7) is 2.05. The average Bonchev–Trinajstić information content (AvgIpc) is 2.26. The van der Waals surface area contributed by atoms with Crippen molar-refractivity contribution in [3.8, 4) is 0 Å². The zero-order valence-electron chi connectivity index (χ0n) is 10.3. The van der Waals surface area contributed by atoms with Gasteiger partial charge in [-0.15, -0.1) is 0 Å². The number of carboxylic acid groups (broad SMARTS) is 1. The number of rotatable bonds is 6. The Bertz CT molecular complexity index is 293. The second-order valence-corrected chi connectivity index (χ2v) is 3.62. The summed E-state index contributed by atoms with van der Waals surface area (Å²) in [4.78, 5) is 34.5. The van der Waals surface area contributed by atoms with Crippen molar-refractivity contribution >= 4 is 17.9 Å². The van der Waals surface area contributed by atoms with Crippen molar-refractivity contribution in [2.45, 2.75) is 25.8 Å². The van der Waals surface area contributed by atoms with Gasteiger partial charge in [0.2, 0.25) is 5.91 Å². The van der Waals surface area contributed by atoms with Gasteiger partial charge >= 0.3 is 12.0 Å². The second-order valence-electron chi connectivity index (χ2n) is 3.62. The summed E-state index contributed by atoms with van der Waals surface area (Å²) in [7, 11) is 3.04. The van der Waals surface area contributed by atoms with Crippen molar-refractivity contribution in [1.29, 1.82) is 0 Å². The Hall–Kier alpha value is -1.63. The Morgan fingerprint density at radius 3 is 2.35 bits per heavy atom. The maximum atomic E-state index is 11.3. The van der Waals surface area contributed by atoms with Crippen molar-refractivity contribution in [3.63, 3.8) is 0 Å². The number of hydrogen-bond donors (Lipinski definition) is 3. The van der Waals surface area contributed by atoms with E-state index >= 15 is 0 Å². The van der Waals surface area contributed by atoms with Crippen LogP contribution in [0, 0.1) is 0 Å². The Kier molecular flexibility index (Phi) is 6.88. The van der Waals surface area contributed by atoms with E-state index in [1.54, 1.807) is 18.9 Å². The van der Waals surface area contributed by atoms with Gasteiger partial charge < -0.3 is 10.4 Å². The minimum Gasteiger partial charge on any atom is -0.480 e. The van der Waals surface area contributed by atoms with Crippen molar-refractivity contribution in [1.82, 2.24) is 15.5 Å². The summed E-state index contributed by atoms with van der Waals surface area (Å²) in [5, 5.41) is 13.3. The molecular formula is C10H19N3O4. The molecule has 0 aliphatic heterocycles. The monoisotopic (exact) mass is 245 g/mol. The number of nitrogens with zero attached hydrogens (tertiary/aromatic N) is 1. The fourth-order valence-electron chi connectivity index (χ4n) is 1.36. The summed E-state index contributed by atoms with van der Waals surface area (Å²) in [6, 6.07) is -1.18. The van der Waals surface area contributed by atoms with Crippen LogP contribution in [0.2, 0.25) is 0 Å². The standard InChI is InChI=1S/C10H19N3O4/c1-4-7(9(15)16)13(3)6-5-8(14)12-10(17)11-2/h7H,4-6H2,1-3H3,(H,15,16)(H2,11,12,14,17). The molecule has 98 valence electrons. The molecule has 0 aromatic rings. The summed E-state index contributed by atoms with van der Waals surface area (Å²) in [5.41, 5.74) is 0. The van der Waals surface area contributed by atoms with Gasteiger partial charge in [-0.3, -0.25) is 19.8 Å². The van der Waals surface area contributed by atoms with Crippen LogP contribution < -0.4 is 10.6 Å². The quantitative estimate of drug-likeness (QED) is 0.593. The first-order chi connectivity index (χ1) is 7.92. The Labute approximate surface area is 100 Å². The molecule has 0 saturated heterocycles. The van der Waals surface area contributed by atoms with Crippen LogP contribution in [-0.4, -0.2) is 54.6 Å². The van der Waals surface area contributed by atoms with Crippen molar-refractivity contribution in [2.24, 2.45) is 0 Å². The molecule has 0 radical (unpaired) electrons. The number of carbonyl (C=O) groups excluding carboxylic acids is 2. The van der Waals surface area contributed by atoms with E-state index in [0.29, 0.717) is 6.42 Å². The topological polar surface area (TPSA) is 98.7 Å². The molecule has 0 aliphatic rings. The van der Waals surface area contributed by atoms with Gasteiger partial charge in [0.15, 0.2) is 0 Å². The number of urea groups is 1. The number of amides is 3. The first kappa shape index (κ1) is 15.4. The third-order valence-electron chi connectivity index (χ3n) is 2.38. The van der Waals surface area contributed by atoms with Crippen molar-refractivity contribution in [2.75, 3.05) is 20.6 Å². The Morgan fingerprint density at radius 1 is 1.35 bits per heavy atom. The van der Waals surface area contributed by atoms with Gasteiger partial charge in [0.25, 0.3) is 0 Å². The van der Waals surface area contributed by atoms with Gasteiger partial charge in [0.1, 0.15) is 6.04 Å². The molecule has 0 saturated carbocycles. The van der Waals surface area contributed by atoms with E-state index in [1.165, 1.54) is 7.05 Å².